The summed E-state index contributed by atoms with van der Waals surface area (Å²) in [4.78, 5) is 25.4. The van der Waals surface area contributed by atoms with Gasteiger partial charge in [0.15, 0.2) is 5.11 Å². The van der Waals surface area contributed by atoms with Gasteiger partial charge in [0.2, 0.25) is 11.8 Å². The minimum atomic E-state index is -0.152. The molecule has 1 heterocycles. The fraction of sp³-hybridized carbons (Fsp3) is 0.312. The fourth-order valence-corrected chi connectivity index (χ4v) is 2.80. The highest BCUT2D eigenvalue weighted by atomic mass is 35.5. The quantitative estimate of drug-likeness (QED) is 0.434. The van der Waals surface area contributed by atoms with Crippen molar-refractivity contribution in [3.05, 3.63) is 41.9 Å². The molecule has 1 aliphatic heterocycles. The second-order valence-electron chi connectivity index (χ2n) is 5.38. The van der Waals surface area contributed by atoms with Crippen molar-refractivity contribution in [2.24, 2.45) is 5.92 Å². The lowest BCUT2D eigenvalue weighted by molar-refractivity contribution is -0.132. The number of benzene rings is 1. The van der Waals surface area contributed by atoms with Crippen LogP contribution in [-0.2, 0) is 9.59 Å². The maximum absolute atomic E-state index is 12.1. The van der Waals surface area contributed by atoms with Gasteiger partial charge < -0.3 is 10.2 Å². The van der Waals surface area contributed by atoms with Crippen LogP contribution in [0.2, 0.25) is 5.02 Å². The number of anilines is 1. The number of nitrogens with one attached hydrogen (secondary N) is 3. The molecule has 0 spiro atoms. The Bertz CT molecular complexity index is 645. The van der Waals surface area contributed by atoms with Crippen molar-refractivity contribution in [3.63, 3.8) is 0 Å². The van der Waals surface area contributed by atoms with Crippen molar-refractivity contribution >= 4 is 46.4 Å². The lowest BCUT2D eigenvalue weighted by atomic mass is 9.96. The van der Waals surface area contributed by atoms with E-state index in [0.29, 0.717) is 31.0 Å². The van der Waals surface area contributed by atoms with Gasteiger partial charge in [-0.05, 0) is 49.3 Å². The number of piperidine rings is 1. The predicted octanol–water partition coefficient (Wildman–Crippen LogP) is 2.08. The van der Waals surface area contributed by atoms with Crippen molar-refractivity contribution in [2.45, 2.75) is 12.8 Å². The number of amides is 2. The van der Waals surface area contributed by atoms with E-state index in [2.05, 4.69) is 22.7 Å². The van der Waals surface area contributed by atoms with Gasteiger partial charge in [-0.25, -0.2) is 0 Å². The van der Waals surface area contributed by atoms with E-state index in [-0.39, 0.29) is 22.8 Å². The highest BCUT2D eigenvalue weighted by Gasteiger charge is 2.26. The van der Waals surface area contributed by atoms with Crippen LogP contribution < -0.4 is 16.2 Å². The van der Waals surface area contributed by atoms with Crippen molar-refractivity contribution in [3.8, 4) is 0 Å². The van der Waals surface area contributed by atoms with E-state index in [0.717, 1.165) is 5.69 Å². The molecule has 128 valence electrons. The van der Waals surface area contributed by atoms with Crippen molar-refractivity contribution in [1.82, 2.24) is 15.8 Å². The van der Waals surface area contributed by atoms with Gasteiger partial charge in [0.25, 0.3) is 0 Å². The van der Waals surface area contributed by atoms with Crippen LogP contribution in [0.15, 0.2) is 36.9 Å². The average Bonchev–Trinajstić information content (AvgIpc) is 2.59. The van der Waals surface area contributed by atoms with E-state index < -0.39 is 0 Å². The number of carbonyl (C=O) groups is 2. The Hall–Kier alpha value is -2.12. The number of hydrogen-bond donors (Lipinski definition) is 3. The summed E-state index contributed by atoms with van der Waals surface area (Å²) < 4.78 is 0. The fourth-order valence-electron chi connectivity index (χ4n) is 2.44. The highest BCUT2D eigenvalue weighted by Crippen LogP contribution is 2.17. The Morgan fingerprint density at radius 1 is 1.29 bits per heavy atom. The van der Waals surface area contributed by atoms with Gasteiger partial charge in [-0.2, -0.15) is 0 Å². The van der Waals surface area contributed by atoms with E-state index in [1.807, 2.05) is 6.07 Å². The molecule has 0 bridgehead atoms. The molecule has 1 aliphatic rings. The lowest BCUT2D eigenvalue weighted by Crippen LogP contribution is -2.49. The third-order valence-corrected chi connectivity index (χ3v) is 4.17. The number of hydrazine groups is 1. The zero-order valence-corrected chi connectivity index (χ0v) is 14.6. The van der Waals surface area contributed by atoms with Crippen LogP contribution in [0, 0.1) is 5.92 Å². The van der Waals surface area contributed by atoms with Gasteiger partial charge in [-0.15, -0.1) is 0 Å². The molecule has 0 atom stereocenters. The first kappa shape index (κ1) is 18.2. The smallest absolute Gasteiger partial charge is 0.245 e. The van der Waals surface area contributed by atoms with Crippen LogP contribution in [0.3, 0.4) is 0 Å². The summed E-state index contributed by atoms with van der Waals surface area (Å²) in [6, 6.07) is 7.09. The van der Waals surface area contributed by atoms with Crippen LogP contribution in [0.4, 0.5) is 5.69 Å². The molecule has 3 N–H and O–H groups in total. The van der Waals surface area contributed by atoms with E-state index in [1.165, 1.54) is 6.08 Å². The molecule has 2 rings (SSSR count). The summed E-state index contributed by atoms with van der Waals surface area (Å²) >= 11 is 11.0. The molecule has 1 aromatic carbocycles. The highest BCUT2D eigenvalue weighted by molar-refractivity contribution is 7.80. The Balaban J connectivity index is 1.74. The minimum absolute atomic E-state index is 0.0983. The number of likely N-dealkylation sites (tertiary alicyclic amines) is 1. The van der Waals surface area contributed by atoms with Gasteiger partial charge in [0, 0.05) is 29.7 Å². The molecule has 0 radical (unpaired) electrons. The lowest BCUT2D eigenvalue weighted by Gasteiger charge is -2.30. The summed E-state index contributed by atoms with van der Waals surface area (Å²) in [5, 5.41) is 3.79. The van der Waals surface area contributed by atoms with E-state index in [9.17, 15) is 9.59 Å². The number of nitrogens with zero attached hydrogens (tertiary/aromatic N) is 1. The second-order valence-corrected chi connectivity index (χ2v) is 6.23. The Kier molecular flexibility index (Phi) is 6.57. The number of halogens is 1. The number of carbonyl (C=O) groups excluding carboxylic acids is 2. The summed E-state index contributed by atoms with van der Waals surface area (Å²) in [5.74, 6) is -0.393. The van der Waals surface area contributed by atoms with Crippen molar-refractivity contribution in [2.75, 3.05) is 18.4 Å². The Morgan fingerprint density at radius 3 is 2.62 bits per heavy atom. The summed E-state index contributed by atoms with van der Waals surface area (Å²) in [6.45, 7) is 4.57. The third-order valence-electron chi connectivity index (χ3n) is 3.73. The van der Waals surface area contributed by atoms with Crippen LogP contribution in [0.1, 0.15) is 12.8 Å². The molecule has 0 saturated carbocycles. The van der Waals surface area contributed by atoms with Crippen LogP contribution >= 0.6 is 23.8 Å². The largest absolute Gasteiger partial charge is 0.339 e. The topological polar surface area (TPSA) is 73.5 Å². The first-order valence-corrected chi connectivity index (χ1v) is 8.32. The minimum Gasteiger partial charge on any atom is -0.339 e. The molecule has 1 aromatic rings. The Labute approximate surface area is 151 Å². The maximum Gasteiger partial charge on any atom is 0.245 e. The zero-order valence-electron chi connectivity index (χ0n) is 13.0. The zero-order chi connectivity index (χ0) is 17.5. The molecular weight excluding hydrogens is 348 g/mol. The summed E-state index contributed by atoms with van der Waals surface area (Å²) in [7, 11) is 0. The molecule has 2 amide bonds. The van der Waals surface area contributed by atoms with Crippen molar-refractivity contribution < 1.29 is 9.59 Å². The molecule has 8 heteroatoms. The van der Waals surface area contributed by atoms with Gasteiger partial charge >= 0.3 is 0 Å². The molecular formula is C16H19ClN4O2S. The molecule has 1 saturated heterocycles. The SMILES string of the molecule is C=CC(=O)N1CCC(C(=O)NNC(=S)Nc2cccc(Cl)c2)CC1. The van der Waals surface area contributed by atoms with Crippen LogP contribution in [0.5, 0.6) is 0 Å². The summed E-state index contributed by atoms with van der Waals surface area (Å²) in [5.41, 5.74) is 6.00. The average molecular weight is 367 g/mol. The van der Waals surface area contributed by atoms with Gasteiger partial charge in [0.05, 0.1) is 0 Å². The number of rotatable bonds is 3. The van der Waals surface area contributed by atoms with E-state index in [1.54, 1.807) is 23.1 Å². The van der Waals surface area contributed by atoms with Gasteiger partial charge in [0.1, 0.15) is 0 Å². The molecule has 0 aromatic heterocycles. The second kappa shape index (κ2) is 8.65. The molecule has 6 nitrogen and oxygen atoms in total. The molecule has 1 fully saturated rings. The monoisotopic (exact) mass is 366 g/mol. The first-order chi connectivity index (χ1) is 11.5. The maximum atomic E-state index is 12.1. The number of hydrogen-bond acceptors (Lipinski definition) is 3. The van der Waals surface area contributed by atoms with Crippen molar-refractivity contribution in [1.29, 1.82) is 0 Å². The summed E-state index contributed by atoms with van der Waals surface area (Å²) in [6.07, 6.45) is 2.52. The van der Waals surface area contributed by atoms with E-state index >= 15 is 0 Å². The van der Waals surface area contributed by atoms with Crippen LogP contribution in [0.25, 0.3) is 0 Å². The Morgan fingerprint density at radius 2 is 2.00 bits per heavy atom. The molecule has 24 heavy (non-hydrogen) atoms. The normalized spacial score (nSPS) is 14.6. The number of thiocarbonyl (C=S) groups is 1. The van der Waals surface area contributed by atoms with Crippen LogP contribution in [-0.4, -0.2) is 34.9 Å². The van der Waals surface area contributed by atoms with Gasteiger partial charge in [-0.3, -0.25) is 20.4 Å². The first-order valence-electron chi connectivity index (χ1n) is 7.53. The van der Waals surface area contributed by atoms with Gasteiger partial charge in [-0.1, -0.05) is 24.2 Å². The predicted molar refractivity (Wildman–Crippen MR) is 98.5 cm³/mol. The molecule has 0 aliphatic carbocycles. The standard InChI is InChI=1S/C16H19ClN4O2S/c1-2-14(22)21-8-6-11(7-9-21)15(23)19-20-16(24)18-13-5-3-4-12(17)10-13/h2-5,10-11H,1,6-9H2,(H,19,23)(H2,18,20,24). The third kappa shape index (κ3) is 5.21. The van der Waals surface area contributed by atoms with E-state index in [4.69, 9.17) is 23.8 Å². The molecule has 0 unspecified atom stereocenters.